The third kappa shape index (κ3) is 3.81. The first-order chi connectivity index (χ1) is 11.6. The fourth-order valence-electron chi connectivity index (χ4n) is 2.19. The lowest BCUT2D eigenvalue weighted by Crippen LogP contribution is -2.10. The van der Waals surface area contributed by atoms with E-state index >= 15 is 0 Å². The highest BCUT2D eigenvalue weighted by molar-refractivity contribution is 5.86. The molecule has 0 N–H and O–H groups in total. The maximum absolute atomic E-state index is 13.2. The van der Waals surface area contributed by atoms with E-state index in [-0.39, 0.29) is 11.5 Å². The first-order valence-electron chi connectivity index (χ1n) is 7.38. The predicted molar refractivity (Wildman–Crippen MR) is 83.6 cm³/mol. The van der Waals surface area contributed by atoms with Gasteiger partial charge in [0.25, 0.3) is 0 Å². The van der Waals surface area contributed by atoms with Crippen LogP contribution in [0.4, 0.5) is 4.39 Å². The highest BCUT2D eigenvalue weighted by Gasteiger charge is 2.17. The lowest BCUT2D eigenvalue weighted by atomic mass is 10.2. The van der Waals surface area contributed by atoms with Crippen LogP contribution in [-0.4, -0.2) is 25.9 Å². The molecule has 0 saturated heterocycles. The number of nitrogens with zero attached hydrogens (tertiary/aromatic N) is 4. The minimum absolute atomic E-state index is 0.0918. The number of carbonyl (C=O) groups excluding carboxylic acids is 1. The number of ether oxygens (including phenoxy) is 1. The molecule has 0 fully saturated rings. The average Bonchev–Trinajstić information content (AvgIpc) is 3.04. The van der Waals surface area contributed by atoms with Gasteiger partial charge in [-0.15, -0.1) is 5.10 Å². The van der Waals surface area contributed by atoms with E-state index in [0.29, 0.717) is 12.2 Å². The van der Waals surface area contributed by atoms with Crippen molar-refractivity contribution in [3.05, 3.63) is 77.6 Å². The maximum atomic E-state index is 13.2. The van der Waals surface area contributed by atoms with Crippen LogP contribution in [0, 0.1) is 5.82 Å². The third-order valence-corrected chi connectivity index (χ3v) is 3.37. The standard InChI is InChI=1S/C17H15FN4O2/c1-12(15-7-2-3-8-19-15)24-17(23)16-11-22(21-20-16)10-13-5-4-6-14(18)9-13/h2-9,11-12H,10H2,1H3/t12-/m1/s1. The van der Waals surface area contributed by atoms with Crippen LogP contribution in [0.3, 0.4) is 0 Å². The molecule has 0 aliphatic rings. The van der Waals surface area contributed by atoms with Crippen molar-refractivity contribution in [1.82, 2.24) is 20.0 Å². The van der Waals surface area contributed by atoms with E-state index in [9.17, 15) is 9.18 Å². The van der Waals surface area contributed by atoms with Gasteiger partial charge in [-0.3, -0.25) is 4.98 Å². The number of carbonyl (C=O) groups is 1. The van der Waals surface area contributed by atoms with Crippen LogP contribution >= 0.6 is 0 Å². The van der Waals surface area contributed by atoms with Crippen LogP contribution in [-0.2, 0) is 11.3 Å². The van der Waals surface area contributed by atoms with Gasteiger partial charge in [0, 0.05) is 6.20 Å². The van der Waals surface area contributed by atoms with Crippen molar-refractivity contribution in [3.63, 3.8) is 0 Å². The van der Waals surface area contributed by atoms with Gasteiger partial charge in [0.05, 0.1) is 18.4 Å². The Kier molecular flexibility index (Phi) is 4.60. The number of pyridine rings is 1. The summed E-state index contributed by atoms with van der Waals surface area (Å²) in [6.07, 6.45) is 2.61. The van der Waals surface area contributed by atoms with Gasteiger partial charge < -0.3 is 4.74 Å². The van der Waals surface area contributed by atoms with Crippen molar-refractivity contribution in [2.45, 2.75) is 19.6 Å². The molecular formula is C17H15FN4O2. The zero-order valence-corrected chi connectivity index (χ0v) is 13.0. The highest BCUT2D eigenvalue weighted by Crippen LogP contribution is 2.15. The topological polar surface area (TPSA) is 69.9 Å². The second-order valence-corrected chi connectivity index (χ2v) is 5.23. The Labute approximate surface area is 137 Å². The van der Waals surface area contributed by atoms with Crippen LogP contribution < -0.4 is 0 Å². The Balaban J connectivity index is 1.65. The number of aromatic nitrogens is 4. The second-order valence-electron chi connectivity index (χ2n) is 5.23. The molecule has 24 heavy (non-hydrogen) atoms. The molecule has 0 bridgehead atoms. The molecule has 7 heteroatoms. The summed E-state index contributed by atoms with van der Waals surface area (Å²) in [6, 6.07) is 11.5. The van der Waals surface area contributed by atoms with Crippen molar-refractivity contribution in [3.8, 4) is 0 Å². The molecule has 0 unspecified atom stereocenters. The van der Waals surface area contributed by atoms with E-state index in [1.165, 1.54) is 23.0 Å². The largest absolute Gasteiger partial charge is 0.451 e. The molecule has 3 rings (SSSR count). The number of rotatable bonds is 5. The third-order valence-electron chi connectivity index (χ3n) is 3.37. The molecule has 0 radical (unpaired) electrons. The van der Waals surface area contributed by atoms with E-state index in [4.69, 9.17) is 4.74 Å². The first kappa shape index (κ1) is 15.8. The Morgan fingerprint density at radius 3 is 2.92 bits per heavy atom. The van der Waals surface area contributed by atoms with Crippen molar-refractivity contribution in [2.75, 3.05) is 0 Å². The zero-order valence-electron chi connectivity index (χ0n) is 13.0. The molecule has 0 saturated carbocycles. The minimum atomic E-state index is -0.585. The van der Waals surface area contributed by atoms with Crippen LogP contribution in [0.5, 0.6) is 0 Å². The summed E-state index contributed by atoms with van der Waals surface area (Å²) in [7, 11) is 0. The van der Waals surface area contributed by atoms with Gasteiger partial charge in [-0.05, 0) is 36.8 Å². The fourth-order valence-corrected chi connectivity index (χ4v) is 2.19. The van der Waals surface area contributed by atoms with Gasteiger partial charge in [-0.25, -0.2) is 13.9 Å². The first-order valence-corrected chi connectivity index (χ1v) is 7.38. The van der Waals surface area contributed by atoms with Crippen LogP contribution in [0.2, 0.25) is 0 Å². The molecule has 122 valence electrons. The number of hydrogen-bond donors (Lipinski definition) is 0. The molecule has 6 nitrogen and oxygen atoms in total. The number of hydrogen-bond acceptors (Lipinski definition) is 5. The lowest BCUT2D eigenvalue weighted by Gasteiger charge is -2.10. The SMILES string of the molecule is C[C@@H](OC(=O)c1cn(Cc2cccc(F)c2)nn1)c1ccccn1. The summed E-state index contributed by atoms with van der Waals surface area (Å²) in [4.78, 5) is 16.3. The Bertz CT molecular complexity index is 835. The molecule has 2 aromatic heterocycles. The van der Waals surface area contributed by atoms with E-state index in [2.05, 4.69) is 15.3 Å². The molecule has 0 aliphatic heterocycles. The van der Waals surface area contributed by atoms with Crippen LogP contribution in [0.15, 0.2) is 54.9 Å². The molecule has 3 aromatic rings. The molecule has 0 amide bonds. The highest BCUT2D eigenvalue weighted by atomic mass is 19.1. The number of benzene rings is 1. The van der Waals surface area contributed by atoms with E-state index in [1.807, 2.05) is 6.07 Å². The predicted octanol–water partition coefficient (Wildman–Crippen LogP) is 2.78. The lowest BCUT2D eigenvalue weighted by molar-refractivity contribution is 0.0322. The molecule has 0 aliphatic carbocycles. The van der Waals surface area contributed by atoms with Gasteiger partial charge in [0.15, 0.2) is 5.69 Å². The number of esters is 1. The number of halogens is 1. The Hall–Kier alpha value is -3.09. The van der Waals surface area contributed by atoms with E-state index < -0.39 is 12.1 Å². The minimum Gasteiger partial charge on any atom is -0.451 e. The van der Waals surface area contributed by atoms with Crippen LogP contribution in [0.25, 0.3) is 0 Å². The van der Waals surface area contributed by atoms with Gasteiger partial charge in [-0.2, -0.15) is 0 Å². The molecule has 0 spiro atoms. The van der Waals surface area contributed by atoms with Crippen molar-refractivity contribution in [1.29, 1.82) is 0 Å². The quantitative estimate of drug-likeness (QED) is 0.674. The van der Waals surface area contributed by atoms with Gasteiger partial charge in [0.2, 0.25) is 0 Å². The van der Waals surface area contributed by atoms with E-state index in [0.717, 1.165) is 5.56 Å². The summed E-state index contributed by atoms with van der Waals surface area (Å²) in [5.74, 6) is -0.907. The van der Waals surface area contributed by atoms with Gasteiger partial charge >= 0.3 is 5.97 Å². The Morgan fingerprint density at radius 2 is 2.17 bits per heavy atom. The average molecular weight is 326 g/mol. The monoisotopic (exact) mass is 326 g/mol. The molecular weight excluding hydrogens is 311 g/mol. The summed E-state index contributed by atoms with van der Waals surface area (Å²) < 4.78 is 20.0. The molecule has 1 atom stereocenters. The smallest absolute Gasteiger partial charge is 0.361 e. The molecule has 1 aromatic carbocycles. The van der Waals surface area contributed by atoms with Gasteiger partial charge in [-0.1, -0.05) is 23.4 Å². The summed E-state index contributed by atoms with van der Waals surface area (Å²) in [6.45, 7) is 2.05. The maximum Gasteiger partial charge on any atom is 0.361 e. The summed E-state index contributed by atoms with van der Waals surface area (Å²) >= 11 is 0. The molecule has 2 heterocycles. The second kappa shape index (κ2) is 6.99. The van der Waals surface area contributed by atoms with E-state index in [1.54, 1.807) is 37.4 Å². The summed E-state index contributed by atoms with van der Waals surface area (Å²) in [5.41, 5.74) is 1.47. The summed E-state index contributed by atoms with van der Waals surface area (Å²) in [5, 5.41) is 7.68. The fraction of sp³-hybridized carbons (Fsp3) is 0.176. The zero-order chi connectivity index (χ0) is 16.9. The van der Waals surface area contributed by atoms with Gasteiger partial charge in [0.1, 0.15) is 11.9 Å². The van der Waals surface area contributed by atoms with Crippen LogP contribution in [0.1, 0.15) is 34.8 Å². The van der Waals surface area contributed by atoms with Crippen molar-refractivity contribution in [2.24, 2.45) is 0 Å². The van der Waals surface area contributed by atoms with Crippen molar-refractivity contribution >= 4 is 5.97 Å². The Morgan fingerprint density at radius 1 is 1.29 bits per heavy atom. The van der Waals surface area contributed by atoms with Crippen molar-refractivity contribution < 1.29 is 13.9 Å². The normalized spacial score (nSPS) is 11.9.